The lowest BCUT2D eigenvalue weighted by atomic mass is 10.1. The van der Waals surface area contributed by atoms with Crippen molar-refractivity contribution in [2.45, 2.75) is 51.7 Å². The summed E-state index contributed by atoms with van der Waals surface area (Å²) < 4.78 is 0. The number of hydrogen-bond donors (Lipinski definition) is 0. The minimum atomic E-state index is 0.296. The largest absolute Gasteiger partial charge is 0.340 e. The van der Waals surface area contributed by atoms with Gasteiger partial charge in [-0.15, -0.1) is 0 Å². The van der Waals surface area contributed by atoms with E-state index in [0.29, 0.717) is 30.3 Å². The van der Waals surface area contributed by atoms with Crippen LogP contribution < -0.4 is 4.90 Å². The number of carbonyl (C=O) groups is 1. The smallest absolute Gasteiger partial charge is 0.225 e. The Morgan fingerprint density at radius 3 is 2.25 bits per heavy atom. The third-order valence-corrected chi connectivity index (χ3v) is 6.30. The van der Waals surface area contributed by atoms with Crippen LogP contribution in [0.2, 0.25) is 0 Å². The first kappa shape index (κ1) is 19.6. The highest BCUT2D eigenvalue weighted by molar-refractivity contribution is 5.76. The van der Waals surface area contributed by atoms with Crippen LogP contribution in [-0.2, 0) is 11.3 Å². The molecule has 7 heteroatoms. The molecule has 7 nitrogen and oxygen atoms in total. The molecule has 1 aromatic heterocycles. The minimum Gasteiger partial charge on any atom is -0.340 e. The van der Waals surface area contributed by atoms with E-state index >= 15 is 0 Å². The van der Waals surface area contributed by atoms with Crippen LogP contribution in [0.15, 0.2) is 12.4 Å². The molecular formula is C21H34N6O. The zero-order valence-electron chi connectivity index (χ0n) is 17.5. The van der Waals surface area contributed by atoms with Crippen molar-refractivity contribution in [3.63, 3.8) is 0 Å². The summed E-state index contributed by atoms with van der Waals surface area (Å²) in [5, 5.41) is 0. The maximum absolute atomic E-state index is 12.2. The molecule has 0 spiro atoms. The Labute approximate surface area is 168 Å². The fraction of sp³-hybridized carbons (Fsp3) is 0.762. The monoisotopic (exact) mass is 386 g/mol. The molecule has 0 aliphatic carbocycles. The number of carbonyl (C=O) groups excluding carboxylic acids is 1. The Morgan fingerprint density at radius 1 is 1.07 bits per heavy atom. The van der Waals surface area contributed by atoms with Crippen molar-refractivity contribution in [1.29, 1.82) is 0 Å². The summed E-state index contributed by atoms with van der Waals surface area (Å²) in [5.41, 5.74) is 1.16. The van der Waals surface area contributed by atoms with Gasteiger partial charge < -0.3 is 14.7 Å². The lowest BCUT2D eigenvalue weighted by molar-refractivity contribution is -0.133. The van der Waals surface area contributed by atoms with E-state index in [4.69, 9.17) is 9.97 Å². The molecular weight excluding hydrogens is 352 g/mol. The van der Waals surface area contributed by atoms with Crippen molar-refractivity contribution in [2.24, 2.45) is 5.92 Å². The summed E-state index contributed by atoms with van der Waals surface area (Å²) in [6.07, 6.45) is 7.15. The van der Waals surface area contributed by atoms with Crippen molar-refractivity contribution in [1.82, 2.24) is 24.7 Å². The fourth-order valence-electron chi connectivity index (χ4n) is 4.90. The number of rotatable bonds is 5. The van der Waals surface area contributed by atoms with Crippen LogP contribution in [0.3, 0.4) is 0 Å². The number of anilines is 1. The maximum atomic E-state index is 12.2. The van der Waals surface area contributed by atoms with Gasteiger partial charge in [0, 0.05) is 82.3 Å². The van der Waals surface area contributed by atoms with E-state index in [1.165, 1.54) is 12.8 Å². The van der Waals surface area contributed by atoms with Gasteiger partial charge in [-0.1, -0.05) is 13.8 Å². The molecule has 1 aromatic rings. The van der Waals surface area contributed by atoms with Gasteiger partial charge in [0.25, 0.3) is 0 Å². The van der Waals surface area contributed by atoms with Crippen LogP contribution in [0.4, 0.5) is 5.95 Å². The lowest BCUT2D eigenvalue weighted by Crippen LogP contribution is -2.53. The number of likely N-dealkylation sites (N-methyl/N-ethyl adjacent to an activating group) is 1. The van der Waals surface area contributed by atoms with Gasteiger partial charge in [0.05, 0.1) is 0 Å². The molecule has 3 saturated heterocycles. The van der Waals surface area contributed by atoms with Gasteiger partial charge in [-0.25, -0.2) is 9.97 Å². The molecule has 2 unspecified atom stereocenters. The van der Waals surface area contributed by atoms with Crippen molar-refractivity contribution in [2.75, 3.05) is 51.2 Å². The molecule has 0 saturated carbocycles. The van der Waals surface area contributed by atoms with Gasteiger partial charge in [0.15, 0.2) is 0 Å². The average molecular weight is 387 g/mol. The Kier molecular flexibility index (Phi) is 5.83. The van der Waals surface area contributed by atoms with Gasteiger partial charge in [-0.3, -0.25) is 9.69 Å². The summed E-state index contributed by atoms with van der Waals surface area (Å²) in [5.74, 6) is 1.62. The quantitative estimate of drug-likeness (QED) is 0.764. The number of amides is 1. The summed E-state index contributed by atoms with van der Waals surface area (Å²) in [6.45, 7) is 10.8. The molecule has 3 aliphatic heterocycles. The maximum Gasteiger partial charge on any atom is 0.225 e. The van der Waals surface area contributed by atoms with Gasteiger partial charge in [0.2, 0.25) is 11.9 Å². The predicted molar refractivity (Wildman–Crippen MR) is 110 cm³/mol. The molecule has 4 rings (SSSR count). The third-order valence-electron chi connectivity index (χ3n) is 6.30. The highest BCUT2D eigenvalue weighted by Crippen LogP contribution is 2.32. The molecule has 2 atom stereocenters. The number of likely N-dealkylation sites (tertiary alicyclic amines) is 1. The van der Waals surface area contributed by atoms with Crippen LogP contribution in [0.5, 0.6) is 0 Å². The highest BCUT2D eigenvalue weighted by atomic mass is 16.2. The Morgan fingerprint density at radius 2 is 1.68 bits per heavy atom. The first-order valence-corrected chi connectivity index (χ1v) is 10.8. The summed E-state index contributed by atoms with van der Waals surface area (Å²) >= 11 is 0. The van der Waals surface area contributed by atoms with E-state index < -0.39 is 0 Å². The molecule has 154 valence electrons. The summed E-state index contributed by atoms with van der Waals surface area (Å²) in [4.78, 5) is 30.9. The van der Waals surface area contributed by atoms with Gasteiger partial charge in [-0.05, 0) is 25.8 Å². The SMILES string of the molecule is CC(C)CC(=O)N1CCN(Cc2cnc(N3C4CCC3CN(C)C4)nc2)CC1. The molecule has 1 amide bonds. The Bertz CT molecular complexity index is 656. The number of aromatic nitrogens is 2. The van der Waals surface area contributed by atoms with E-state index in [2.05, 4.69) is 35.6 Å². The van der Waals surface area contributed by atoms with Crippen molar-refractivity contribution in [3.8, 4) is 0 Å². The first-order chi connectivity index (χ1) is 13.5. The second-order valence-electron chi connectivity index (χ2n) is 9.16. The zero-order valence-corrected chi connectivity index (χ0v) is 17.5. The van der Waals surface area contributed by atoms with E-state index in [1.807, 2.05) is 17.3 Å². The first-order valence-electron chi connectivity index (χ1n) is 10.8. The molecule has 3 fully saturated rings. The molecule has 28 heavy (non-hydrogen) atoms. The second kappa shape index (κ2) is 8.33. The molecule has 2 bridgehead atoms. The number of hydrogen-bond acceptors (Lipinski definition) is 6. The van der Waals surface area contributed by atoms with E-state index in [1.54, 1.807) is 0 Å². The van der Waals surface area contributed by atoms with Gasteiger partial charge in [0.1, 0.15) is 0 Å². The molecule has 0 aromatic carbocycles. The normalized spacial score (nSPS) is 26.3. The van der Waals surface area contributed by atoms with Crippen molar-refractivity contribution < 1.29 is 4.79 Å². The van der Waals surface area contributed by atoms with Crippen molar-refractivity contribution in [3.05, 3.63) is 18.0 Å². The number of piperazine rings is 2. The number of nitrogens with zero attached hydrogens (tertiary/aromatic N) is 6. The van der Waals surface area contributed by atoms with Crippen LogP contribution in [-0.4, -0.2) is 89.0 Å². The second-order valence-corrected chi connectivity index (χ2v) is 9.16. The Balaban J connectivity index is 1.29. The topological polar surface area (TPSA) is 55.8 Å². The lowest BCUT2D eigenvalue weighted by Gasteiger charge is -2.39. The molecule has 0 N–H and O–H groups in total. The summed E-state index contributed by atoms with van der Waals surface area (Å²) in [7, 11) is 2.21. The third kappa shape index (κ3) is 4.30. The highest BCUT2D eigenvalue weighted by Gasteiger charge is 2.40. The van der Waals surface area contributed by atoms with Crippen LogP contribution in [0.25, 0.3) is 0 Å². The van der Waals surface area contributed by atoms with E-state index in [9.17, 15) is 4.79 Å². The minimum absolute atomic E-state index is 0.296. The fourth-order valence-corrected chi connectivity index (χ4v) is 4.90. The van der Waals surface area contributed by atoms with E-state index in [-0.39, 0.29) is 0 Å². The predicted octanol–water partition coefficient (Wildman–Crippen LogP) is 1.45. The van der Waals surface area contributed by atoms with E-state index in [0.717, 1.165) is 57.3 Å². The molecule has 0 radical (unpaired) electrons. The number of fused-ring (bicyclic) bond motifs is 2. The van der Waals surface area contributed by atoms with Crippen LogP contribution in [0.1, 0.15) is 38.7 Å². The molecule has 4 heterocycles. The zero-order chi connectivity index (χ0) is 19.7. The Hall–Kier alpha value is -1.73. The van der Waals surface area contributed by atoms with Crippen LogP contribution >= 0.6 is 0 Å². The molecule has 3 aliphatic rings. The average Bonchev–Trinajstić information content (AvgIpc) is 2.93. The standard InChI is InChI=1S/C21H34N6O/c1-16(2)10-20(28)26-8-6-25(7-9-26)13-17-11-22-21(23-12-17)27-18-4-5-19(27)15-24(3)14-18/h11-12,16,18-19H,4-10,13-15H2,1-3H3. The van der Waals surface area contributed by atoms with Crippen molar-refractivity contribution >= 4 is 11.9 Å². The van der Waals surface area contributed by atoms with Crippen LogP contribution in [0, 0.1) is 5.92 Å². The summed E-state index contributed by atoms with van der Waals surface area (Å²) in [6, 6.07) is 1.12. The van der Waals surface area contributed by atoms with Gasteiger partial charge >= 0.3 is 0 Å². The van der Waals surface area contributed by atoms with Gasteiger partial charge in [-0.2, -0.15) is 0 Å².